The molecular weight excluding hydrogens is 424 g/mol. The second-order valence-electron chi connectivity index (χ2n) is 8.45. The van der Waals surface area contributed by atoms with Crippen LogP contribution in [-0.2, 0) is 9.84 Å². The van der Waals surface area contributed by atoms with Gasteiger partial charge in [-0.05, 0) is 62.3 Å². The van der Waals surface area contributed by atoms with Crippen molar-refractivity contribution in [3.63, 3.8) is 0 Å². The molecule has 1 N–H and O–H groups in total. The molecule has 3 aromatic rings. The van der Waals surface area contributed by atoms with Gasteiger partial charge in [0.2, 0.25) is 14.9 Å². The number of hydrogen-bond donors (Lipinski definition) is 1. The van der Waals surface area contributed by atoms with Gasteiger partial charge in [0, 0.05) is 6.54 Å². The highest BCUT2D eigenvalue weighted by Crippen LogP contribution is 2.24. The lowest BCUT2D eigenvalue weighted by Crippen LogP contribution is -2.34. The second kappa shape index (κ2) is 9.71. The fourth-order valence-electron chi connectivity index (χ4n) is 3.40. The fraction of sp³-hybridized carbons (Fsp3) is 0.320. The monoisotopic (exact) mass is 454 g/mol. The van der Waals surface area contributed by atoms with Crippen molar-refractivity contribution in [2.24, 2.45) is 0 Å². The number of amides is 1. The summed E-state index contributed by atoms with van der Waals surface area (Å²) in [6.45, 7) is 6.53. The molecule has 7 heteroatoms. The van der Waals surface area contributed by atoms with Crippen LogP contribution in [0.25, 0.3) is 0 Å². The Labute approximate surface area is 190 Å². The Morgan fingerprint density at radius 3 is 2.09 bits per heavy atom. The summed E-state index contributed by atoms with van der Waals surface area (Å²) < 4.78 is 31.0. The molecule has 1 aromatic heterocycles. The number of nitrogens with one attached hydrogen (secondary N) is 1. The molecule has 1 heterocycles. The first-order valence-electron chi connectivity index (χ1n) is 10.6. The van der Waals surface area contributed by atoms with Crippen LogP contribution in [0, 0.1) is 6.92 Å². The summed E-state index contributed by atoms with van der Waals surface area (Å²) in [5.41, 5.74) is 3.30. The number of benzene rings is 2. The van der Waals surface area contributed by atoms with E-state index >= 15 is 0 Å². The maximum atomic E-state index is 12.8. The van der Waals surface area contributed by atoms with Crippen LogP contribution in [0.15, 0.2) is 75.1 Å². The van der Waals surface area contributed by atoms with Crippen molar-refractivity contribution in [1.29, 1.82) is 0 Å². The van der Waals surface area contributed by atoms with E-state index in [-0.39, 0.29) is 21.8 Å². The van der Waals surface area contributed by atoms with Crippen molar-refractivity contribution >= 4 is 15.7 Å². The number of hydrogen-bond acceptors (Lipinski definition) is 5. The van der Waals surface area contributed by atoms with Gasteiger partial charge < -0.3 is 14.6 Å². The zero-order valence-electron chi connectivity index (χ0n) is 19.1. The molecule has 1 atom stereocenters. The zero-order valence-corrected chi connectivity index (χ0v) is 19.9. The van der Waals surface area contributed by atoms with Crippen molar-refractivity contribution in [2.45, 2.75) is 42.7 Å². The number of aryl methyl sites for hydroxylation is 1. The fourth-order valence-corrected chi connectivity index (χ4v) is 4.57. The average molecular weight is 455 g/mol. The Hall–Kier alpha value is -2.90. The summed E-state index contributed by atoms with van der Waals surface area (Å²) in [5.74, 6) is -0.0461. The molecule has 0 aliphatic carbocycles. The van der Waals surface area contributed by atoms with E-state index in [1.54, 1.807) is 12.1 Å². The van der Waals surface area contributed by atoms with E-state index in [0.717, 1.165) is 11.1 Å². The van der Waals surface area contributed by atoms with Gasteiger partial charge in [0.15, 0.2) is 5.76 Å². The van der Waals surface area contributed by atoms with Crippen LogP contribution in [0.2, 0.25) is 0 Å². The molecule has 0 bridgehead atoms. The van der Waals surface area contributed by atoms with Crippen molar-refractivity contribution in [2.75, 3.05) is 20.6 Å². The van der Waals surface area contributed by atoms with Gasteiger partial charge in [-0.2, -0.15) is 0 Å². The Balaban J connectivity index is 1.71. The van der Waals surface area contributed by atoms with Gasteiger partial charge in [0.05, 0.1) is 10.9 Å². The van der Waals surface area contributed by atoms with Gasteiger partial charge >= 0.3 is 0 Å². The first kappa shape index (κ1) is 23.8. The van der Waals surface area contributed by atoms with Gasteiger partial charge in [0.1, 0.15) is 0 Å². The van der Waals surface area contributed by atoms with E-state index in [1.807, 2.05) is 25.9 Å². The summed E-state index contributed by atoms with van der Waals surface area (Å²) in [7, 11) is 0.0792. The second-order valence-corrected chi connectivity index (χ2v) is 10.3. The topological polar surface area (TPSA) is 79.6 Å². The molecule has 32 heavy (non-hydrogen) atoms. The molecular formula is C25H30N2O4S. The highest BCUT2D eigenvalue weighted by atomic mass is 32.2. The lowest BCUT2D eigenvalue weighted by molar-refractivity contribution is 0.0909. The van der Waals surface area contributed by atoms with E-state index in [2.05, 4.69) is 43.4 Å². The SMILES string of the molecule is Cc1ccc(S(=O)(=O)c2ccc(C(=O)NCC(c3ccc(C(C)C)cc3)N(C)C)o2)cc1. The third-order valence-corrected chi connectivity index (χ3v) is 7.11. The minimum Gasteiger partial charge on any atom is -0.439 e. The van der Waals surface area contributed by atoms with Crippen LogP contribution in [0.1, 0.15) is 53.1 Å². The smallest absolute Gasteiger partial charge is 0.287 e. The number of carbonyl (C=O) groups is 1. The number of furan rings is 1. The number of carbonyl (C=O) groups excluding carboxylic acids is 1. The average Bonchev–Trinajstić information content (AvgIpc) is 3.25. The van der Waals surface area contributed by atoms with Gasteiger partial charge in [-0.3, -0.25) is 4.79 Å². The van der Waals surface area contributed by atoms with Crippen LogP contribution < -0.4 is 5.32 Å². The molecule has 0 radical (unpaired) electrons. The van der Waals surface area contributed by atoms with Crippen molar-refractivity contribution in [1.82, 2.24) is 10.2 Å². The lowest BCUT2D eigenvalue weighted by atomic mass is 9.98. The molecule has 6 nitrogen and oxygen atoms in total. The molecule has 3 rings (SSSR count). The van der Waals surface area contributed by atoms with Crippen LogP contribution >= 0.6 is 0 Å². The van der Waals surface area contributed by atoms with Crippen LogP contribution in [0.4, 0.5) is 0 Å². The number of sulfone groups is 1. The van der Waals surface area contributed by atoms with E-state index in [1.165, 1.54) is 29.8 Å². The maximum Gasteiger partial charge on any atom is 0.287 e. The minimum absolute atomic E-state index is 0.0362. The predicted molar refractivity (Wildman–Crippen MR) is 125 cm³/mol. The molecule has 1 unspecified atom stereocenters. The minimum atomic E-state index is -3.82. The maximum absolute atomic E-state index is 12.8. The van der Waals surface area contributed by atoms with Gasteiger partial charge in [0.25, 0.3) is 5.91 Å². The van der Waals surface area contributed by atoms with E-state index in [9.17, 15) is 13.2 Å². The molecule has 0 spiro atoms. The number of likely N-dealkylation sites (N-methyl/N-ethyl adjacent to an activating group) is 1. The van der Waals surface area contributed by atoms with E-state index < -0.39 is 15.7 Å². The molecule has 2 aromatic carbocycles. The number of nitrogens with zero attached hydrogens (tertiary/aromatic N) is 1. The molecule has 0 fully saturated rings. The largest absolute Gasteiger partial charge is 0.439 e. The summed E-state index contributed by atoms with van der Waals surface area (Å²) in [6.07, 6.45) is 0. The van der Waals surface area contributed by atoms with Crippen LogP contribution in [0.3, 0.4) is 0 Å². The van der Waals surface area contributed by atoms with Crippen molar-refractivity contribution in [3.05, 3.63) is 83.1 Å². The van der Waals surface area contributed by atoms with Gasteiger partial charge in [-0.1, -0.05) is 55.8 Å². The molecule has 0 aliphatic heterocycles. The first-order chi connectivity index (χ1) is 15.1. The Kier molecular flexibility index (Phi) is 7.21. The standard InChI is InChI=1S/C25H30N2O4S/c1-17(2)19-8-10-20(11-9-19)22(27(4)5)16-26-25(28)23-14-15-24(31-23)32(29,30)21-12-6-18(3)7-13-21/h6-15,17,22H,16H2,1-5H3,(H,26,28). The quantitative estimate of drug-likeness (QED) is 0.539. The van der Waals surface area contributed by atoms with E-state index in [0.29, 0.717) is 12.5 Å². The van der Waals surface area contributed by atoms with E-state index in [4.69, 9.17) is 4.42 Å². The van der Waals surface area contributed by atoms with Crippen molar-refractivity contribution in [3.8, 4) is 0 Å². The van der Waals surface area contributed by atoms with Crippen LogP contribution in [0.5, 0.6) is 0 Å². The van der Waals surface area contributed by atoms with Crippen LogP contribution in [-0.4, -0.2) is 39.9 Å². The summed E-state index contributed by atoms with van der Waals surface area (Å²) in [6, 6.07) is 17.5. The molecule has 0 saturated carbocycles. The molecule has 170 valence electrons. The summed E-state index contributed by atoms with van der Waals surface area (Å²) in [5, 5.41) is 2.61. The highest BCUT2D eigenvalue weighted by molar-refractivity contribution is 7.91. The van der Waals surface area contributed by atoms with Gasteiger partial charge in [-0.25, -0.2) is 8.42 Å². The normalized spacial score (nSPS) is 12.8. The summed E-state index contributed by atoms with van der Waals surface area (Å²) in [4.78, 5) is 14.8. The highest BCUT2D eigenvalue weighted by Gasteiger charge is 2.24. The Morgan fingerprint density at radius 2 is 1.53 bits per heavy atom. The lowest BCUT2D eigenvalue weighted by Gasteiger charge is -2.25. The zero-order chi connectivity index (χ0) is 23.5. The predicted octanol–water partition coefficient (Wildman–Crippen LogP) is 4.58. The summed E-state index contributed by atoms with van der Waals surface area (Å²) >= 11 is 0. The van der Waals surface area contributed by atoms with Gasteiger partial charge in [-0.15, -0.1) is 0 Å². The molecule has 0 aliphatic rings. The molecule has 0 saturated heterocycles. The number of rotatable bonds is 8. The molecule has 1 amide bonds. The third-order valence-electron chi connectivity index (χ3n) is 5.47. The van der Waals surface area contributed by atoms with Crippen molar-refractivity contribution < 1.29 is 17.6 Å². The third kappa shape index (κ3) is 5.29. The first-order valence-corrected chi connectivity index (χ1v) is 12.0. The Morgan fingerprint density at radius 1 is 0.938 bits per heavy atom. The Bertz CT molecular complexity index is 1160.